The fourth-order valence-corrected chi connectivity index (χ4v) is 3.07. The topological polar surface area (TPSA) is 57.9 Å². The molecule has 86 valence electrons. The van der Waals surface area contributed by atoms with Gasteiger partial charge in [-0.25, -0.2) is 8.42 Å². The molecule has 0 unspecified atom stereocenters. The summed E-state index contributed by atoms with van der Waals surface area (Å²) < 4.78 is 23.9. The Bertz CT molecular complexity index is 498. The second-order valence-corrected chi connectivity index (χ2v) is 6.19. The molecule has 3 nitrogen and oxygen atoms in total. The Kier molecular flexibility index (Phi) is 4.08. The van der Waals surface area contributed by atoms with Gasteiger partial charge in [0, 0.05) is 0 Å². The normalized spacial score (nSPS) is 11.4. The van der Waals surface area contributed by atoms with E-state index in [1.165, 1.54) is 12.1 Å². The van der Waals surface area contributed by atoms with Crippen LogP contribution in [0.5, 0.6) is 0 Å². The monoisotopic (exact) mass is 237 g/mol. The number of benzene rings is 1. The molecule has 0 aliphatic rings. The Morgan fingerprint density at radius 1 is 1.31 bits per heavy atom. The summed E-state index contributed by atoms with van der Waals surface area (Å²) in [5.41, 5.74) is 0.228. The molecule has 0 amide bonds. The van der Waals surface area contributed by atoms with Gasteiger partial charge in [-0.05, 0) is 24.5 Å². The zero-order chi connectivity index (χ0) is 12.2. The maximum atomic E-state index is 12.0. The molecular weight excluding hydrogens is 222 g/mol. The highest BCUT2D eigenvalue weighted by molar-refractivity contribution is 7.91. The molecule has 0 heterocycles. The van der Waals surface area contributed by atoms with Gasteiger partial charge in [0.15, 0.2) is 9.84 Å². The van der Waals surface area contributed by atoms with E-state index in [4.69, 9.17) is 5.26 Å². The van der Waals surface area contributed by atoms with E-state index in [0.717, 1.165) is 0 Å². The quantitative estimate of drug-likeness (QED) is 0.807. The number of nitriles is 1. The fraction of sp³-hybridized carbons (Fsp3) is 0.417. The molecule has 0 aliphatic heterocycles. The van der Waals surface area contributed by atoms with Crippen LogP contribution in [0.3, 0.4) is 0 Å². The highest BCUT2D eigenvalue weighted by Crippen LogP contribution is 2.18. The van der Waals surface area contributed by atoms with Gasteiger partial charge in [0.25, 0.3) is 0 Å². The number of rotatable bonds is 4. The van der Waals surface area contributed by atoms with E-state index in [0.29, 0.717) is 12.3 Å². The molecule has 1 aromatic rings. The summed E-state index contributed by atoms with van der Waals surface area (Å²) in [5.74, 6) is 0.438. The Morgan fingerprint density at radius 3 is 2.50 bits per heavy atom. The first-order valence-corrected chi connectivity index (χ1v) is 6.84. The van der Waals surface area contributed by atoms with Gasteiger partial charge >= 0.3 is 0 Å². The summed E-state index contributed by atoms with van der Waals surface area (Å²) in [4.78, 5) is 0.151. The van der Waals surface area contributed by atoms with Crippen molar-refractivity contribution in [3.05, 3.63) is 29.8 Å². The smallest absolute Gasteiger partial charge is 0.179 e. The lowest BCUT2D eigenvalue weighted by Crippen LogP contribution is -2.10. The first-order valence-electron chi connectivity index (χ1n) is 5.19. The molecule has 0 N–H and O–H groups in total. The Morgan fingerprint density at radius 2 is 1.94 bits per heavy atom. The Balaban J connectivity index is 3.04. The molecule has 0 aliphatic carbocycles. The third-order valence-corrected chi connectivity index (χ3v) is 4.11. The van der Waals surface area contributed by atoms with Gasteiger partial charge in [-0.3, -0.25) is 0 Å². The second kappa shape index (κ2) is 5.13. The number of hydrogen-bond acceptors (Lipinski definition) is 3. The van der Waals surface area contributed by atoms with Crippen molar-refractivity contribution in [3.8, 4) is 6.07 Å². The summed E-state index contributed by atoms with van der Waals surface area (Å²) in [6.45, 7) is 3.96. The van der Waals surface area contributed by atoms with Gasteiger partial charge in [-0.15, -0.1) is 0 Å². The van der Waals surface area contributed by atoms with E-state index in [-0.39, 0.29) is 16.2 Å². The molecule has 1 rings (SSSR count). The zero-order valence-corrected chi connectivity index (χ0v) is 10.3. The van der Waals surface area contributed by atoms with Crippen LogP contribution in [0, 0.1) is 17.2 Å². The summed E-state index contributed by atoms with van der Waals surface area (Å²) in [6.07, 6.45) is 0.613. The van der Waals surface area contributed by atoms with Crippen LogP contribution in [0.25, 0.3) is 0 Å². The second-order valence-electron chi connectivity index (χ2n) is 4.11. The van der Waals surface area contributed by atoms with Crippen LogP contribution < -0.4 is 0 Å². The standard InChI is InChI=1S/C12H15NO2S/c1-10(2)7-8-16(14,15)12-6-4-3-5-11(12)9-13/h3-6,10H,7-8H2,1-2H3. The van der Waals surface area contributed by atoms with E-state index in [1.807, 2.05) is 19.9 Å². The molecule has 0 radical (unpaired) electrons. The average Bonchev–Trinajstić information content (AvgIpc) is 2.26. The van der Waals surface area contributed by atoms with Crippen LogP contribution in [0.1, 0.15) is 25.8 Å². The van der Waals surface area contributed by atoms with Gasteiger partial charge in [0.2, 0.25) is 0 Å². The van der Waals surface area contributed by atoms with Crippen molar-refractivity contribution in [2.75, 3.05) is 5.75 Å². The Labute approximate surface area is 96.6 Å². The van der Waals surface area contributed by atoms with Gasteiger partial charge < -0.3 is 0 Å². The molecule has 16 heavy (non-hydrogen) atoms. The first-order chi connectivity index (χ1) is 7.47. The minimum Gasteiger partial charge on any atom is -0.224 e. The van der Waals surface area contributed by atoms with Crippen molar-refractivity contribution in [1.29, 1.82) is 5.26 Å². The highest BCUT2D eigenvalue weighted by Gasteiger charge is 2.18. The molecule has 0 aromatic heterocycles. The van der Waals surface area contributed by atoms with Crippen LogP contribution in [-0.4, -0.2) is 14.2 Å². The third-order valence-electron chi connectivity index (χ3n) is 2.31. The maximum absolute atomic E-state index is 12.0. The van der Waals surface area contributed by atoms with Crippen LogP contribution in [0.4, 0.5) is 0 Å². The SMILES string of the molecule is CC(C)CCS(=O)(=O)c1ccccc1C#N. The lowest BCUT2D eigenvalue weighted by molar-refractivity contribution is 0.573. The van der Waals surface area contributed by atoms with Crippen molar-refractivity contribution >= 4 is 9.84 Å². The van der Waals surface area contributed by atoms with E-state index in [2.05, 4.69) is 0 Å². The predicted octanol–water partition coefficient (Wildman–Crippen LogP) is 2.38. The minimum absolute atomic E-state index is 0.101. The molecule has 0 bridgehead atoms. The van der Waals surface area contributed by atoms with Crippen LogP contribution in [-0.2, 0) is 9.84 Å². The zero-order valence-electron chi connectivity index (χ0n) is 9.47. The minimum atomic E-state index is -3.32. The van der Waals surface area contributed by atoms with Gasteiger partial charge in [-0.2, -0.15) is 5.26 Å². The third kappa shape index (κ3) is 3.07. The van der Waals surface area contributed by atoms with Crippen molar-refractivity contribution in [2.24, 2.45) is 5.92 Å². The van der Waals surface area contributed by atoms with Crippen LogP contribution >= 0.6 is 0 Å². The molecule has 1 aromatic carbocycles. The number of nitrogens with zero attached hydrogens (tertiary/aromatic N) is 1. The first kappa shape index (κ1) is 12.7. The summed E-state index contributed by atoms with van der Waals surface area (Å²) in [7, 11) is -3.32. The molecule has 4 heteroatoms. The largest absolute Gasteiger partial charge is 0.224 e. The fourth-order valence-electron chi connectivity index (χ4n) is 1.33. The average molecular weight is 237 g/mol. The molecule has 0 atom stereocenters. The summed E-state index contributed by atoms with van der Waals surface area (Å²) in [5, 5.41) is 8.84. The van der Waals surface area contributed by atoms with Crippen molar-refractivity contribution in [3.63, 3.8) is 0 Å². The molecular formula is C12H15NO2S. The number of hydrogen-bond donors (Lipinski definition) is 0. The van der Waals surface area contributed by atoms with Crippen LogP contribution in [0.2, 0.25) is 0 Å². The molecule has 0 saturated heterocycles. The van der Waals surface area contributed by atoms with Gasteiger partial charge in [-0.1, -0.05) is 26.0 Å². The Hall–Kier alpha value is -1.34. The predicted molar refractivity (Wildman–Crippen MR) is 62.7 cm³/mol. The lowest BCUT2D eigenvalue weighted by atomic mass is 10.2. The highest BCUT2D eigenvalue weighted by atomic mass is 32.2. The lowest BCUT2D eigenvalue weighted by Gasteiger charge is -2.07. The maximum Gasteiger partial charge on any atom is 0.179 e. The number of sulfone groups is 1. The molecule has 0 spiro atoms. The molecule has 0 fully saturated rings. The summed E-state index contributed by atoms with van der Waals surface area (Å²) in [6, 6.07) is 8.24. The van der Waals surface area contributed by atoms with E-state index >= 15 is 0 Å². The van der Waals surface area contributed by atoms with Gasteiger partial charge in [0.05, 0.1) is 16.2 Å². The van der Waals surface area contributed by atoms with Crippen molar-refractivity contribution < 1.29 is 8.42 Å². The van der Waals surface area contributed by atoms with E-state index in [1.54, 1.807) is 12.1 Å². The van der Waals surface area contributed by atoms with Gasteiger partial charge in [0.1, 0.15) is 6.07 Å². The van der Waals surface area contributed by atoms with Crippen molar-refractivity contribution in [1.82, 2.24) is 0 Å². The summed E-state index contributed by atoms with van der Waals surface area (Å²) >= 11 is 0. The van der Waals surface area contributed by atoms with Crippen LogP contribution in [0.15, 0.2) is 29.2 Å². The van der Waals surface area contributed by atoms with E-state index < -0.39 is 9.84 Å². The van der Waals surface area contributed by atoms with Crippen molar-refractivity contribution in [2.45, 2.75) is 25.2 Å². The van der Waals surface area contributed by atoms with E-state index in [9.17, 15) is 8.42 Å². The molecule has 0 saturated carbocycles.